The lowest BCUT2D eigenvalue weighted by atomic mass is 10.1. The maximum Gasteiger partial charge on any atom is 0.256 e. The van der Waals surface area contributed by atoms with Gasteiger partial charge in [-0.2, -0.15) is 0 Å². The number of carbonyl (C=O) groups excluding carboxylic acids is 2. The van der Waals surface area contributed by atoms with E-state index in [-0.39, 0.29) is 11.7 Å². The number of Topliss-reactive ketones (excluding diaryl/α,β-unsaturated/α-hetero) is 1. The van der Waals surface area contributed by atoms with Crippen molar-refractivity contribution in [2.45, 2.75) is 13.8 Å². The molecular weight excluding hydrogens is 294 g/mol. The van der Waals surface area contributed by atoms with E-state index in [1.165, 1.54) is 6.92 Å². The second-order valence-electron chi connectivity index (χ2n) is 5.40. The minimum absolute atomic E-state index is 0.0448. The molecule has 2 aromatic rings. The van der Waals surface area contributed by atoms with Crippen molar-refractivity contribution in [2.24, 2.45) is 0 Å². The number of ketones is 1. The molecule has 0 saturated heterocycles. The van der Waals surface area contributed by atoms with Crippen molar-refractivity contribution >= 4 is 17.4 Å². The number of aryl methyl sites for hydroxylation is 1. The molecule has 5 heteroatoms. The summed E-state index contributed by atoms with van der Waals surface area (Å²) in [5.74, 6) is 0.935. The molecule has 1 amide bonds. The molecule has 0 unspecified atom stereocenters. The van der Waals surface area contributed by atoms with Crippen LogP contribution in [0.15, 0.2) is 36.4 Å². The van der Waals surface area contributed by atoms with Crippen molar-refractivity contribution in [3.05, 3.63) is 53.1 Å². The maximum absolute atomic E-state index is 12.5. The number of hydrogen-bond acceptors (Lipinski definition) is 4. The highest BCUT2D eigenvalue weighted by Crippen LogP contribution is 2.33. The fraction of sp³-hybridized carbons (Fsp3) is 0.222. The summed E-state index contributed by atoms with van der Waals surface area (Å²) in [5.41, 5.74) is 2.45. The van der Waals surface area contributed by atoms with Crippen molar-refractivity contribution in [3.63, 3.8) is 0 Å². The fourth-order valence-electron chi connectivity index (χ4n) is 2.45. The molecule has 1 heterocycles. The molecule has 0 saturated carbocycles. The molecule has 1 N–H and O–H groups in total. The number of ether oxygens (including phenoxy) is 2. The Hall–Kier alpha value is -2.82. The van der Waals surface area contributed by atoms with Crippen LogP contribution in [0, 0.1) is 6.92 Å². The molecule has 2 aromatic carbocycles. The first-order chi connectivity index (χ1) is 11.0. The van der Waals surface area contributed by atoms with Crippen LogP contribution >= 0.6 is 0 Å². The van der Waals surface area contributed by atoms with Crippen LogP contribution in [0.2, 0.25) is 0 Å². The minimum Gasteiger partial charge on any atom is -0.486 e. The van der Waals surface area contributed by atoms with E-state index in [4.69, 9.17) is 9.47 Å². The first-order valence-electron chi connectivity index (χ1n) is 7.37. The van der Waals surface area contributed by atoms with Crippen LogP contribution in [0.1, 0.15) is 33.2 Å². The fourth-order valence-corrected chi connectivity index (χ4v) is 2.45. The smallest absolute Gasteiger partial charge is 0.256 e. The largest absolute Gasteiger partial charge is 0.486 e. The number of hydrogen-bond donors (Lipinski definition) is 1. The van der Waals surface area contributed by atoms with Crippen molar-refractivity contribution < 1.29 is 19.1 Å². The van der Waals surface area contributed by atoms with Gasteiger partial charge in [0.15, 0.2) is 17.3 Å². The molecule has 5 nitrogen and oxygen atoms in total. The number of amides is 1. The Balaban J connectivity index is 1.86. The van der Waals surface area contributed by atoms with Crippen LogP contribution in [0.25, 0.3) is 0 Å². The van der Waals surface area contributed by atoms with E-state index >= 15 is 0 Å². The van der Waals surface area contributed by atoms with Crippen molar-refractivity contribution in [1.82, 2.24) is 0 Å². The molecule has 0 fully saturated rings. The molecular formula is C18H17NO4. The number of nitrogens with one attached hydrogen (secondary N) is 1. The van der Waals surface area contributed by atoms with Gasteiger partial charge >= 0.3 is 0 Å². The van der Waals surface area contributed by atoms with Crippen LogP contribution in [-0.4, -0.2) is 24.9 Å². The summed E-state index contributed by atoms with van der Waals surface area (Å²) < 4.78 is 11.0. The van der Waals surface area contributed by atoms with Crippen LogP contribution < -0.4 is 14.8 Å². The van der Waals surface area contributed by atoms with Gasteiger partial charge in [-0.05, 0) is 43.7 Å². The van der Waals surface area contributed by atoms with Gasteiger partial charge in [0, 0.05) is 16.8 Å². The van der Waals surface area contributed by atoms with E-state index in [2.05, 4.69) is 5.32 Å². The van der Waals surface area contributed by atoms with Gasteiger partial charge in [0.25, 0.3) is 5.91 Å². The van der Waals surface area contributed by atoms with Crippen LogP contribution in [-0.2, 0) is 0 Å². The van der Waals surface area contributed by atoms with Gasteiger partial charge in [-0.15, -0.1) is 0 Å². The molecule has 0 spiro atoms. The van der Waals surface area contributed by atoms with Crippen LogP contribution in [0.4, 0.5) is 5.69 Å². The predicted octanol–water partition coefficient (Wildman–Crippen LogP) is 3.22. The van der Waals surface area contributed by atoms with Gasteiger partial charge in [-0.1, -0.05) is 12.1 Å². The second-order valence-corrected chi connectivity index (χ2v) is 5.40. The number of carbonyl (C=O) groups is 2. The molecule has 0 aromatic heterocycles. The molecule has 118 valence electrons. The molecule has 0 atom stereocenters. The number of benzene rings is 2. The SMILES string of the molecule is CC(=O)c1cccc(NC(=O)c2cc3c(cc2C)OCCO3)c1. The zero-order valence-corrected chi connectivity index (χ0v) is 13.0. The lowest BCUT2D eigenvalue weighted by Crippen LogP contribution is -2.18. The number of anilines is 1. The Bertz CT molecular complexity index is 783. The zero-order valence-electron chi connectivity index (χ0n) is 13.0. The molecule has 23 heavy (non-hydrogen) atoms. The summed E-state index contributed by atoms with van der Waals surface area (Å²) in [6, 6.07) is 10.4. The molecule has 0 aliphatic carbocycles. The summed E-state index contributed by atoms with van der Waals surface area (Å²) in [5, 5.41) is 2.81. The lowest BCUT2D eigenvalue weighted by Gasteiger charge is -2.20. The average molecular weight is 311 g/mol. The second kappa shape index (κ2) is 6.12. The molecule has 0 radical (unpaired) electrons. The highest BCUT2D eigenvalue weighted by Gasteiger charge is 2.18. The van der Waals surface area contributed by atoms with E-state index in [0.29, 0.717) is 41.5 Å². The van der Waals surface area contributed by atoms with Gasteiger partial charge < -0.3 is 14.8 Å². The molecule has 1 aliphatic heterocycles. The normalized spacial score (nSPS) is 12.6. The van der Waals surface area contributed by atoms with E-state index in [1.54, 1.807) is 36.4 Å². The summed E-state index contributed by atoms with van der Waals surface area (Å²) in [6.07, 6.45) is 0. The lowest BCUT2D eigenvalue weighted by molar-refractivity contribution is 0.101. The van der Waals surface area contributed by atoms with Crippen molar-refractivity contribution in [2.75, 3.05) is 18.5 Å². The monoisotopic (exact) mass is 311 g/mol. The van der Waals surface area contributed by atoms with E-state index in [1.807, 2.05) is 6.92 Å². The minimum atomic E-state index is -0.250. The first kappa shape index (κ1) is 15.1. The first-order valence-corrected chi connectivity index (χ1v) is 7.37. The van der Waals surface area contributed by atoms with Gasteiger partial charge in [0.05, 0.1) is 0 Å². The van der Waals surface area contributed by atoms with Gasteiger partial charge in [-0.25, -0.2) is 0 Å². The van der Waals surface area contributed by atoms with Crippen molar-refractivity contribution in [3.8, 4) is 11.5 Å². The summed E-state index contributed by atoms with van der Waals surface area (Å²) in [4.78, 5) is 23.9. The van der Waals surface area contributed by atoms with Gasteiger partial charge in [-0.3, -0.25) is 9.59 Å². The average Bonchev–Trinajstić information content (AvgIpc) is 2.54. The van der Waals surface area contributed by atoms with Crippen LogP contribution in [0.5, 0.6) is 11.5 Å². The highest BCUT2D eigenvalue weighted by atomic mass is 16.6. The van der Waals surface area contributed by atoms with Gasteiger partial charge in [0.1, 0.15) is 13.2 Å². The Morgan fingerprint density at radius 3 is 2.43 bits per heavy atom. The molecule has 3 rings (SSSR count). The Morgan fingerprint density at radius 2 is 1.74 bits per heavy atom. The standard InChI is InChI=1S/C18H17NO4/c1-11-8-16-17(23-7-6-22-16)10-15(11)18(21)19-14-5-3-4-13(9-14)12(2)20/h3-5,8-10H,6-7H2,1-2H3,(H,19,21). The molecule has 0 bridgehead atoms. The maximum atomic E-state index is 12.5. The third-order valence-electron chi connectivity index (χ3n) is 3.66. The van der Waals surface area contributed by atoms with E-state index in [9.17, 15) is 9.59 Å². The topological polar surface area (TPSA) is 64.6 Å². The summed E-state index contributed by atoms with van der Waals surface area (Å²) >= 11 is 0. The van der Waals surface area contributed by atoms with Crippen LogP contribution in [0.3, 0.4) is 0 Å². The third-order valence-corrected chi connectivity index (χ3v) is 3.66. The summed E-state index contributed by atoms with van der Waals surface area (Å²) in [6.45, 7) is 4.32. The molecule has 1 aliphatic rings. The zero-order chi connectivity index (χ0) is 16.4. The number of rotatable bonds is 3. The van der Waals surface area contributed by atoms with Crippen molar-refractivity contribution in [1.29, 1.82) is 0 Å². The number of fused-ring (bicyclic) bond motifs is 1. The Kier molecular flexibility index (Phi) is 4.02. The third kappa shape index (κ3) is 3.18. The Labute approximate surface area is 134 Å². The predicted molar refractivity (Wildman–Crippen MR) is 86.6 cm³/mol. The highest BCUT2D eigenvalue weighted by molar-refractivity contribution is 6.06. The van der Waals surface area contributed by atoms with E-state index < -0.39 is 0 Å². The Morgan fingerprint density at radius 1 is 1.04 bits per heavy atom. The quantitative estimate of drug-likeness (QED) is 0.884. The van der Waals surface area contributed by atoms with Gasteiger partial charge in [0.2, 0.25) is 0 Å². The summed E-state index contributed by atoms with van der Waals surface area (Å²) in [7, 11) is 0. The van der Waals surface area contributed by atoms with E-state index in [0.717, 1.165) is 5.56 Å².